The molecule has 1 aromatic heterocycles. The summed E-state index contributed by atoms with van der Waals surface area (Å²) in [4.78, 5) is 11.0. The van der Waals surface area contributed by atoms with Crippen LogP contribution in [0.15, 0.2) is 10.5 Å². The summed E-state index contributed by atoms with van der Waals surface area (Å²) in [6, 6.07) is 1.82. The van der Waals surface area contributed by atoms with Crippen LogP contribution in [0.5, 0.6) is 0 Å². The van der Waals surface area contributed by atoms with Gasteiger partial charge in [-0.05, 0) is 13.0 Å². The third kappa shape index (κ3) is 0.618. The van der Waals surface area contributed by atoms with Crippen molar-refractivity contribution < 1.29 is 9.21 Å². The molecule has 0 atom stereocenters. The van der Waals surface area contributed by atoms with Gasteiger partial charge in [0.15, 0.2) is 5.78 Å². The van der Waals surface area contributed by atoms with Crippen molar-refractivity contribution in [1.29, 1.82) is 0 Å². The molecular weight excluding hydrogens is 128 g/mol. The van der Waals surface area contributed by atoms with Crippen LogP contribution in [-0.4, -0.2) is 5.78 Å². The van der Waals surface area contributed by atoms with Crippen LogP contribution in [0.2, 0.25) is 0 Å². The van der Waals surface area contributed by atoms with Gasteiger partial charge in [0.05, 0.1) is 5.56 Å². The summed E-state index contributed by atoms with van der Waals surface area (Å²) in [5, 5.41) is 0. The molecule has 0 radical (unpaired) electrons. The first-order valence-corrected chi connectivity index (χ1v) is 3.40. The van der Waals surface area contributed by atoms with Gasteiger partial charge in [-0.3, -0.25) is 4.79 Å². The number of Topliss-reactive ketones (excluding diaryl/α,β-unsaturated/α-hetero) is 1. The molecule has 0 fully saturated rings. The average Bonchev–Trinajstić information content (AvgIpc) is 2.35. The summed E-state index contributed by atoms with van der Waals surface area (Å²) in [7, 11) is 0. The summed E-state index contributed by atoms with van der Waals surface area (Å²) in [5.41, 5.74) is 0.803. The zero-order chi connectivity index (χ0) is 7.14. The van der Waals surface area contributed by atoms with Crippen LogP contribution < -0.4 is 0 Å². The lowest BCUT2D eigenvalue weighted by Crippen LogP contribution is -1.87. The number of hydrogen-bond acceptors (Lipinski definition) is 2. The molecule has 0 saturated carbocycles. The van der Waals surface area contributed by atoms with E-state index in [1.54, 1.807) is 0 Å². The van der Waals surface area contributed by atoms with Gasteiger partial charge in [0.25, 0.3) is 0 Å². The Morgan fingerprint density at radius 2 is 2.30 bits per heavy atom. The predicted octanol–water partition coefficient (Wildman–Crippen LogP) is 1.72. The Kier molecular flexibility index (Phi) is 0.982. The van der Waals surface area contributed by atoms with E-state index in [1.165, 1.54) is 0 Å². The number of aryl methyl sites for hydroxylation is 2. The van der Waals surface area contributed by atoms with Crippen LogP contribution in [0.25, 0.3) is 0 Å². The fourth-order valence-corrected chi connectivity index (χ4v) is 1.35. The summed E-state index contributed by atoms with van der Waals surface area (Å²) in [6.45, 7) is 1.87. The molecule has 1 heterocycles. The molecule has 0 unspecified atom stereocenters. The van der Waals surface area contributed by atoms with Gasteiger partial charge in [-0.25, -0.2) is 0 Å². The summed E-state index contributed by atoms with van der Waals surface area (Å²) in [5.74, 6) is 1.95. The number of hydrogen-bond donors (Lipinski definition) is 0. The molecule has 10 heavy (non-hydrogen) atoms. The molecule has 0 amide bonds. The lowest BCUT2D eigenvalue weighted by Gasteiger charge is -1.82. The minimum absolute atomic E-state index is 0.229. The van der Waals surface area contributed by atoms with Crippen molar-refractivity contribution >= 4 is 5.78 Å². The Bertz CT molecular complexity index is 283. The van der Waals surface area contributed by atoms with E-state index in [4.69, 9.17) is 4.42 Å². The molecule has 0 saturated heterocycles. The highest BCUT2D eigenvalue weighted by Crippen LogP contribution is 2.24. The fraction of sp³-hybridized carbons (Fsp3) is 0.375. The van der Waals surface area contributed by atoms with E-state index in [1.807, 2.05) is 13.0 Å². The summed E-state index contributed by atoms with van der Waals surface area (Å²) in [6.07, 6.45) is 1.43. The molecule has 2 rings (SSSR count). The SMILES string of the molecule is Cc1cc2c(o1)CCC2=O. The van der Waals surface area contributed by atoms with Gasteiger partial charge in [0, 0.05) is 12.8 Å². The van der Waals surface area contributed by atoms with Crippen molar-refractivity contribution in [2.45, 2.75) is 19.8 Å². The lowest BCUT2D eigenvalue weighted by atomic mass is 10.2. The normalized spacial score (nSPS) is 15.9. The largest absolute Gasteiger partial charge is 0.466 e. The first-order chi connectivity index (χ1) is 4.77. The second kappa shape index (κ2) is 1.72. The van der Waals surface area contributed by atoms with Gasteiger partial charge >= 0.3 is 0 Å². The van der Waals surface area contributed by atoms with Crippen molar-refractivity contribution in [3.8, 4) is 0 Å². The maximum atomic E-state index is 11.0. The Morgan fingerprint density at radius 3 is 3.00 bits per heavy atom. The topological polar surface area (TPSA) is 30.2 Å². The minimum atomic E-state index is 0.229. The van der Waals surface area contributed by atoms with E-state index in [-0.39, 0.29) is 5.78 Å². The van der Waals surface area contributed by atoms with Gasteiger partial charge in [-0.2, -0.15) is 0 Å². The molecule has 1 aromatic rings. The Labute approximate surface area is 58.8 Å². The van der Waals surface area contributed by atoms with Crippen LogP contribution in [0, 0.1) is 6.92 Å². The number of carbonyl (C=O) groups is 1. The van der Waals surface area contributed by atoms with Gasteiger partial charge in [0.2, 0.25) is 0 Å². The summed E-state index contributed by atoms with van der Waals surface area (Å²) < 4.78 is 5.28. The highest BCUT2D eigenvalue weighted by molar-refractivity contribution is 5.99. The van der Waals surface area contributed by atoms with Crippen molar-refractivity contribution in [2.75, 3.05) is 0 Å². The van der Waals surface area contributed by atoms with E-state index in [0.29, 0.717) is 6.42 Å². The van der Waals surface area contributed by atoms with E-state index in [9.17, 15) is 4.79 Å². The van der Waals surface area contributed by atoms with Gasteiger partial charge in [-0.1, -0.05) is 0 Å². The molecule has 1 aliphatic rings. The molecule has 0 bridgehead atoms. The average molecular weight is 136 g/mol. The summed E-state index contributed by atoms with van der Waals surface area (Å²) >= 11 is 0. The highest BCUT2D eigenvalue weighted by atomic mass is 16.3. The van der Waals surface area contributed by atoms with E-state index in [0.717, 1.165) is 23.5 Å². The lowest BCUT2D eigenvalue weighted by molar-refractivity contribution is 0.0994. The molecular formula is C8H8O2. The number of furan rings is 1. The smallest absolute Gasteiger partial charge is 0.166 e. The fourth-order valence-electron chi connectivity index (χ4n) is 1.35. The maximum Gasteiger partial charge on any atom is 0.166 e. The van der Waals surface area contributed by atoms with Gasteiger partial charge < -0.3 is 4.42 Å². The first-order valence-electron chi connectivity index (χ1n) is 3.40. The second-order valence-corrected chi connectivity index (χ2v) is 2.62. The van der Waals surface area contributed by atoms with Crippen molar-refractivity contribution in [3.63, 3.8) is 0 Å². The maximum absolute atomic E-state index is 11.0. The standard InChI is InChI=1S/C8H8O2/c1-5-4-6-7(9)2-3-8(6)10-5/h4H,2-3H2,1H3. The quantitative estimate of drug-likeness (QED) is 0.543. The van der Waals surface area contributed by atoms with Gasteiger partial charge in [0.1, 0.15) is 11.5 Å². The number of ketones is 1. The Balaban J connectivity index is 2.59. The number of rotatable bonds is 0. The molecule has 2 heteroatoms. The van der Waals surface area contributed by atoms with Gasteiger partial charge in [-0.15, -0.1) is 0 Å². The van der Waals surface area contributed by atoms with E-state index in [2.05, 4.69) is 0 Å². The van der Waals surface area contributed by atoms with Crippen molar-refractivity contribution in [3.05, 3.63) is 23.2 Å². The van der Waals surface area contributed by atoms with Crippen LogP contribution in [0.1, 0.15) is 28.3 Å². The predicted molar refractivity (Wildman–Crippen MR) is 36.1 cm³/mol. The van der Waals surface area contributed by atoms with Crippen LogP contribution in [0.4, 0.5) is 0 Å². The van der Waals surface area contributed by atoms with Crippen LogP contribution >= 0.6 is 0 Å². The highest BCUT2D eigenvalue weighted by Gasteiger charge is 2.22. The monoisotopic (exact) mass is 136 g/mol. The Hall–Kier alpha value is -1.05. The van der Waals surface area contributed by atoms with Crippen LogP contribution in [-0.2, 0) is 6.42 Å². The molecule has 0 aromatic carbocycles. The number of carbonyl (C=O) groups excluding carboxylic acids is 1. The third-order valence-corrected chi connectivity index (χ3v) is 1.81. The zero-order valence-corrected chi connectivity index (χ0v) is 5.81. The molecule has 0 aliphatic heterocycles. The van der Waals surface area contributed by atoms with Crippen molar-refractivity contribution in [2.24, 2.45) is 0 Å². The van der Waals surface area contributed by atoms with Crippen molar-refractivity contribution in [1.82, 2.24) is 0 Å². The molecule has 0 spiro atoms. The number of fused-ring (bicyclic) bond motifs is 1. The second-order valence-electron chi connectivity index (χ2n) is 2.62. The minimum Gasteiger partial charge on any atom is -0.466 e. The molecule has 52 valence electrons. The van der Waals surface area contributed by atoms with Crippen LogP contribution in [0.3, 0.4) is 0 Å². The Morgan fingerprint density at radius 1 is 1.50 bits per heavy atom. The molecule has 0 N–H and O–H groups in total. The third-order valence-electron chi connectivity index (χ3n) is 1.81. The van der Waals surface area contributed by atoms with E-state index < -0.39 is 0 Å². The zero-order valence-electron chi connectivity index (χ0n) is 5.81. The molecule has 1 aliphatic carbocycles. The first kappa shape index (κ1) is 5.71. The molecule has 2 nitrogen and oxygen atoms in total. The van der Waals surface area contributed by atoms with E-state index >= 15 is 0 Å².